The molecule has 2 heterocycles. The number of hydrogen-bond acceptors (Lipinski definition) is 6. The van der Waals surface area contributed by atoms with E-state index in [2.05, 4.69) is 27.1 Å². The molecule has 2 rings (SSSR count). The van der Waals surface area contributed by atoms with Crippen LogP contribution in [-0.4, -0.2) is 47.8 Å². The van der Waals surface area contributed by atoms with Crippen LogP contribution < -0.4 is 5.32 Å². The average Bonchev–Trinajstić information content (AvgIpc) is 2.96. The van der Waals surface area contributed by atoms with Gasteiger partial charge in [-0.05, 0) is 32.5 Å². The molecular formula is C14H21N3OS2. The van der Waals surface area contributed by atoms with Gasteiger partial charge in [0, 0.05) is 41.7 Å². The molecule has 0 saturated carbocycles. The second kappa shape index (κ2) is 6.78. The predicted octanol–water partition coefficient (Wildman–Crippen LogP) is 2.27. The number of aliphatic hydroxyl groups is 1. The van der Waals surface area contributed by atoms with Gasteiger partial charge < -0.3 is 15.3 Å². The van der Waals surface area contributed by atoms with E-state index in [4.69, 9.17) is 0 Å². The van der Waals surface area contributed by atoms with Crippen molar-refractivity contribution < 1.29 is 5.11 Å². The summed E-state index contributed by atoms with van der Waals surface area (Å²) in [6, 6.07) is 2.09. The van der Waals surface area contributed by atoms with Crippen molar-refractivity contribution in [2.24, 2.45) is 0 Å². The smallest absolute Gasteiger partial charge is 0.124 e. The van der Waals surface area contributed by atoms with Gasteiger partial charge >= 0.3 is 0 Å². The molecule has 2 aromatic heterocycles. The molecule has 0 aliphatic heterocycles. The monoisotopic (exact) mass is 311 g/mol. The van der Waals surface area contributed by atoms with E-state index in [-0.39, 0.29) is 0 Å². The number of hydrogen-bond donors (Lipinski definition) is 2. The minimum atomic E-state index is -0.718. The minimum Gasteiger partial charge on any atom is -0.388 e. The van der Waals surface area contributed by atoms with Gasteiger partial charge in [-0.1, -0.05) is 0 Å². The van der Waals surface area contributed by atoms with Crippen LogP contribution in [0, 0.1) is 0 Å². The fourth-order valence-electron chi connectivity index (χ4n) is 2.10. The van der Waals surface area contributed by atoms with Crippen LogP contribution in [0.25, 0.3) is 10.6 Å². The molecule has 0 aromatic carbocycles. The van der Waals surface area contributed by atoms with E-state index in [0.717, 1.165) is 11.6 Å². The molecule has 0 radical (unpaired) electrons. The van der Waals surface area contributed by atoms with Crippen molar-refractivity contribution in [1.29, 1.82) is 0 Å². The first-order valence-electron chi connectivity index (χ1n) is 6.51. The first kappa shape index (κ1) is 15.6. The van der Waals surface area contributed by atoms with Crippen molar-refractivity contribution in [3.05, 3.63) is 27.9 Å². The lowest BCUT2D eigenvalue weighted by molar-refractivity contribution is 0.0336. The Morgan fingerprint density at radius 2 is 2.25 bits per heavy atom. The van der Waals surface area contributed by atoms with Crippen LogP contribution in [0.3, 0.4) is 0 Å². The highest BCUT2D eigenvalue weighted by Gasteiger charge is 2.20. The van der Waals surface area contributed by atoms with Gasteiger partial charge in [-0.3, -0.25) is 0 Å². The molecule has 1 atom stereocenters. The summed E-state index contributed by atoms with van der Waals surface area (Å²) >= 11 is 3.38. The van der Waals surface area contributed by atoms with Crippen molar-refractivity contribution in [3.63, 3.8) is 0 Å². The van der Waals surface area contributed by atoms with E-state index in [1.165, 1.54) is 10.4 Å². The Hall–Kier alpha value is -0.790. The maximum Gasteiger partial charge on any atom is 0.124 e. The Bertz CT molecular complexity index is 520. The number of thiazole rings is 1. The first-order valence-corrected chi connectivity index (χ1v) is 8.27. The summed E-state index contributed by atoms with van der Waals surface area (Å²) in [5.74, 6) is 0. The van der Waals surface area contributed by atoms with Gasteiger partial charge in [0.05, 0.1) is 5.60 Å². The number of nitrogens with zero attached hydrogens (tertiary/aromatic N) is 2. The summed E-state index contributed by atoms with van der Waals surface area (Å²) < 4.78 is 0. The van der Waals surface area contributed by atoms with E-state index in [0.29, 0.717) is 13.1 Å². The van der Waals surface area contributed by atoms with E-state index >= 15 is 0 Å². The Morgan fingerprint density at radius 3 is 2.90 bits per heavy atom. The molecule has 110 valence electrons. The molecular weight excluding hydrogens is 290 g/mol. The van der Waals surface area contributed by atoms with E-state index < -0.39 is 5.60 Å². The number of aromatic nitrogens is 1. The molecule has 0 bridgehead atoms. The fraction of sp³-hybridized carbons (Fsp3) is 0.500. The highest BCUT2D eigenvalue weighted by molar-refractivity contribution is 7.15. The minimum absolute atomic E-state index is 0.566. The zero-order valence-corrected chi connectivity index (χ0v) is 13.7. The van der Waals surface area contributed by atoms with Gasteiger partial charge in [-0.25, -0.2) is 4.98 Å². The van der Waals surface area contributed by atoms with Gasteiger partial charge in [0.25, 0.3) is 0 Å². The zero-order chi connectivity index (χ0) is 14.6. The van der Waals surface area contributed by atoms with E-state index in [1.54, 1.807) is 22.7 Å². The number of thiophene rings is 1. The Morgan fingerprint density at radius 1 is 1.45 bits per heavy atom. The maximum absolute atomic E-state index is 10.2. The Kier molecular flexibility index (Phi) is 5.29. The van der Waals surface area contributed by atoms with Crippen LogP contribution in [0.4, 0.5) is 0 Å². The van der Waals surface area contributed by atoms with Gasteiger partial charge in [-0.2, -0.15) is 11.3 Å². The van der Waals surface area contributed by atoms with E-state index in [9.17, 15) is 5.11 Å². The van der Waals surface area contributed by atoms with Crippen LogP contribution >= 0.6 is 22.7 Å². The van der Waals surface area contributed by atoms with Crippen molar-refractivity contribution >= 4 is 22.7 Å². The van der Waals surface area contributed by atoms with E-state index in [1.807, 2.05) is 32.1 Å². The maximum atomic E-state index is 10.2. The highest BCUT2D eigenvalue weighted by Crippen LogP contribution is 2.26. The number of nitrogens with one attached hydrogen (secondary N) is 1. The molecule has 2 N–H and O–H groups in total. The molecule has 0 saturated heterocycles. The summed E-state index contributed by atoms with van der Waals surface area (Å²) in [5.41, 5.74) is 0.468. The van der Waals surface area contributed by atoms with Crippen LogP contribution in [0.15, 0.2) is 23.0 Å². The van der Waals surface area contributed by atoms with Gasteiger partial charge in [0.1, 0.15) is 5.01 Å². The lowest BCUT2D eigenvalue weighted by atomic mass is 10.1. The summed E-state index contributed by atoms with van der Waals surface area (Å²) in [4.78, 5) is 7.61. The second-order valence-electron chi connectivity index (χ2n) is 5.48. The van der Waals surface area contributed by atoms with Gasteiger partial charge in [0.2, 0.25) is 0 Å². The van der Waals surface area contributed by atoms with Gasteiger partial charge in [0.15, 0.2) is 0 Å². The second-order valence-corrected chi connectivity index (χ2v) is 7.38. The van der Waals surface area contributed by atoms with Crippen molar-refractivity contribution in [2.45, 2.75) is 19.1 Å². The lowest BCUT2D eigenvalue weighted by Gasteiger charge is -2.27. The van der Waals surface area contributed by atoms with Crippen molar-refractivity contribution in [1.82, 2.24) is 15.2 Å². The Balaban J connectivity index is 1.83. The molecule has 0 aliphatic carbocycles. The first-order chi connectivity index (χ1) is 9.46. The third kappa shape index (κ3) is 4.64. The third-order valence-electron chi connectivity index (χ3n) is 2.78. The van der Waals surface area contributed by atoms with Crippen LogP contribution in [0.2, 0.25) is 0 Å². The molecule has 0 spiro atoms. The molecule has 2 aromatic rings. The van der Waals surface area contributed by atoms with Crippen LogP contribution in [0.1, 0.15) is 11.8 Å². The number of rotatable bonds is 7. The zero-order valence-electron chi connectivity index (χ0n) is 12.1. The molecule has 4 nitrogen and oxygen atoms in total. The highest BCUT2D eigenvalue weighted by atomic mass is 32.1. The van der Waals surface area contributed by atoms with Gasteiger partial charge in [-0.15, -0.1) is 11.3 Å². The molecule has 0 fully saturated rings. The quantitative estimate of drug-likeness (QED) is 0.823. The lowest BCUT2D eigenvalue weighted by Crippen LogP contribution is -2.45. The Labute approximate surface area is 128 Å². The summed E-state index contributed by atoms with van der Waals surface area (Å²) in [7, 11) is 3.93. The molecule has 0 amide bonds. The third-order valence-corrected chi connectivity index (χ3v) is 4.51. The summed E-state index contributed by atoms with van der Waals surface area (Å²) in [6.45, 7) is 3.80. The van der Waals surface area contributed by atoms with Crippen molar-refractivity contribution in [2.75, 3.05) is 27.2 Å². The largest absolute Gasteiger partial charge is 0.388 e. The van der Waals surface area contributed by atoms with Crippen LogP contribution in [0.5, 0.6) is 0 Å². The fourth-order valence-corrected chi connectivity index (χ4v) is 3.69. The molecule has 0 aliphatic rings. The number of likely N-dealkylation sites (N-methyl/N-ethyl adjacent to an activating group) is 1. The summed E-state index contributed by atoms with van der Waals surface area (Å²) in [6.07, 6.45) is 1.91. The molecule has 1 unspecified atom stereocenters. The predicted molar refractivity (Wildman–Crippen MR) is 86.3 cm³/mol. The normalized spacial score (nSPS) is 14.7. The van der Waals surface area contributed by atoms with Crippen LogP contribution in [-0.2, 0) is 6.54 Å². The standard InChI is InChI=1S/C14H21N3OS2/c1-14(18,10-17(2)3)9-15-6-12-7-16-13(20-12)11-4-5-19-8-11/h4-5,7-8,15,18H,6,9-10H2,1-3H3. The van der Waals surface area contributed by atoms with Crippen molar-refractivity contribution in [3.8, 4) is 10.6 Å². The molecule has 20 heavy (non-hydrogen) atoms. The summed E-state index contributed by atoms with van der Waals surface area (Å²) in [5, 5.41) is 18.7. The average molecular weight is 311 g/mol. The molecule has 6 heteroatoms. The topological polar surface area (TPSA) is 48.4 Å². The SMILES string of the molecule is CN(C)CC(C)(O)CNCc1cnc(-c2ccsc2)s1.